The van der Waals surface area contributed by atoms with Gasteiger partial charge in [-0.1, -0.05) is 61.2 Å². The van der Waals surface area contributed by atoms with Crippen LogP contribution in [0.15, 0.2) is 24.3 Å². The normalized spacial score (nSPS) is 11.2. The van der Waals surface area contributed by atoms with Gasteiger partial charge in [0.15, 0.2) is 0 Å². The van der Waals surface area contributed by atoms with Crippen LogP contribution in [0.2, 0.25) is 0 Å². The Kier molecular flexibility index (Phi) is 6.64. The third-order valence-electron chi connectivity index (χ3n) is 2.66. The van der Waals surface area contributed by atoms with Crippen molar-refractivity contribution in [1.82, 2.24) is 0 Å². The number of unbranched alkanes of at least 4 members (excludes halogenated alkanes) is 2. The largest absolute Gasteiger partial charge is 0.377 e. The highest BCUT2D eigenvalue weighted by Crippen LogP contribution is 2.10. The van der Waals surface area contributed by atoms with Crippen LogP contribution in [-0.4, -0.2) is 13.2 Å². The number of aryl methyl sites for hydroxylation is 2. The Balaban J connectivity index is 2.28. The first-order valence-electron chi connectivity index (χ1n) is 6.55. The predicted molar refractivity (Wildman–Crippen MR) is 75.3 cm³/mol. The maximum atomic E-state index is 5.53. The molecule has 0 aliphatic rings. The predicted octanol–water partition coefficient (Wildman–Crippen LogP) is 4.52. The van der Waals surface area contributed by atoms with E-state index in [9.17, 15) is 0 Å². The van der Waals surface area contributed by atoms with Crippen LogP contribution in [0.5, 0.6) is 0 Å². The molecule has 17 heavy (non-hydrogen) atoms. The maximum Gasteiger partial charge on any atom is 0.0650 e. The summed E-state index contributed by atoms with van der Waals surface area (Å²) < 4.78 is 5.53. The number of ether oxygens (including phenoxy) is 1. The smallest absolute Gasteiger partial charge is 0.0650 e. The van der Waals surface area contributed by atoms with E-state index in [1.54, 1.807) is 0 Å². The van der Waals surface area contributed by atoms with Gasteiger partial charge in [0.2, 0.25) is 0 Å². The minimum Gasteiger partial charge on any atom is -0.377 e. The molecule has 0 radical (unpaired) electrons. The van der Waals surface area contributed by atoms with Gasteiger partial charge in [0.05, 0.1) is 6.61 Å². The molecule has 0 atom stereocenters. The van der Waals surface area contributed by atoms with Crippen molar-refractivity contribution in [2.24, 2.45) is 0 Å². The number of hydrogen-bond acceptors (Lipinski definition) is 1. The zero-order chi connectivity index (χ0) is 12.5. The van der Waals surface area contributed by atoms with Gasteiger partial charge in [-0.2, -0.15) is 0 Å². The second kappa shape index (κ2) is 8.08. The van der Waals surface area contributed by atoms with Crippen LogP contribution in [0, 0.1) is 13.8 Å². The van der Waals surface area contributed by atoms with E-state index in [4.69, 9.17) is 4.74 Å². The topological polar surface area (TPSA) is 9.23 Å². The Labute approximate surface area is 106 Å². The van der Waals surface area contributed by atoms with Crippen LogP contribution in [0.3, 0.4) is 0 Å². The van der Waals surface area contributed by atoms with Crippen molar-refractivity contribution in [2.45, 2.75) is 40.0 Å². The molecule has 0 heterocycles. The molecule has 1 rings (SSSR count). The standard InChI is InChI=1S/C16H24O/c1-4-5-6-9-17-10-7-8-16-12-14(2)11-15(3)13-16/h7-8,11-13H,4-6,9-10H2,1-3H3/b8-7+. The first-order chi connectivity index (χ1) is 8.22. The molecule has 94 valence electrons. The maximum absolute atomic E-state index is 5.53. The van der Waals surface area contributed by atoms with Gasteiger partial charge in [0.1, 0.15) is 0 Å². The lowest BCUT2D eigenvalue weighted by atomic mass is 10.1. The zero-order valence-electron chi connectivity index (χ0n) is 11.3. The highest BCUT2D eigenvalue weighted by atomic mass is 16.5. The molecule has 0 spiro atoms. The number of rotatable bonds is 7. The van der Waals surface area contributed by atoms with E-state index < -0.39 is 0 Å². The van der Waals surface area contributed by atoms with Gasteiger partial charge < -0.3 is 4.74 Å². The lowest BCUT2D eigenvalue weighted by molar-refractivity contribution is 0.158. The lowest BCUT2D eigenvalue weighted by Crippen LogP contribution is -1.93. The molecule has 0 aliphatic carbocycles. The highest BCUT2D eigenvalue weighted by Gasteiger charge is 1.91. The van der Waals surface area contributed by atoms with Gasteiger partial charge in [0, 0.05) is 6.61 Å². The lowest BCUT2D eigenvalue weighted by Gasteiger charge is -2.01. The molecule has 0 saturated carbocycles. The van der Waals surface area contributed by atoms with Crippen molar-refractivity contribution in [1.29, 1.82) is 0 Å². The van der Waals surface area contributed by atoms with Crippen LogP contribution in [0.4, 0.5) is 0 Å². The van der Waals surface area contributed by atoms with Crippen molar-refractivity contribution >= 4 is 6.08 Å². The molecule has 1 heteroatoms. The summed E-state index contributed by atoms with van der Waals surface area (Å²) in [4.78, 5) is 0. The quantitative estimate of drug-likeness (QED) is 0.628. The Morgan fingerprint density at radius 3 is 2.41 bits per heavy atom. The summed E-state index contributed by atoms with van der Waals surface area (Å²) in [6, 6.07) is 6.58. The summed E-state index contributed by atoms with van der Waals surface area (Å²) in [5.74, 6) is 0. The fourth-order valence-corrected chi connectivity index (χ4v) is 1.90. The molecule has 1 aromatic rings. The van der Waals surface area contributed by atoms with Crippen molar-refractivity contribution in [3.05, 3.63) is 41.0 Å². The monoisotopic (exact) mass is 232 g/mol. The molecule has 0 N–H and O–H groups in total. The molecule has 0 aliphatic heterocycles. The summed E-state index contributed by atoms with van der Waals surface area (Å²) in [7, 11) is 0. The van der Waals surface area contributed by atoms with E-state index in [-0.39, 0.29) is 0 Å². The minimum atomic E-state index is 0.719. The van der Waals surface area contributed by atoms with Gasteiger partial charge in [-0.05, 0) is 25.8 Å². The summed E-state index contributed by atoms with van der Waals surface area (Å²) in [6.45, 7) is 8.07. The van der Waals surface area contributed by atoms with Crippen LogP contribution in [0.25, 0.3) is 6.08 Å². The van der Waals surface area contributed by atoms with Gasteiger partial charge in [0.25, 0.3) is 0 Å². The van der Waals surface area contributed by atoms with Crippen molar-refractivity contribution in [2.75, 3.05) is 13.2 Å². The average Bonchev–Trinajstić information content (AvgIpc) is 2.26. The Morgan fingerprint density at radius 1 is 1.06 bits per heavy atom. The van der Waals surface area contributed by atoms with E-state index >= 15 is 0 Å². The Bertz CT molecular complexity index is 332. The van der Waals surface area contributed by atoms with Gasteiger partial charge in [-0.15, -0.1) is 0 Å². The van der Waals surface area contributed by atoms with Crippen LogP contribution in [-0.2, 0) is 4.74 Å². The fraction of sp³-hybridized carbons (Fsp3) is 0.500. The second-order valence-corrected chi connectivity index (χ2v) is 4.61. The second-order valence-electron chi connectivity index (χ2n) is 4.61. The van der Waals surface area contributed by atoms with Crippen LogP contribution < -0.4 is 0 Å². The summed E-state index contributed by atoms with van der Waals surface area (Å²) >= 11 is 0. The van der Waals surface area contributed by atoms with Crippen molar-refractivity contribution < 1.29 is 4.74 Å². The average molecular weight is 232 g/mol. The Hall–Kier alpha value is -1.08. The third-order valence-corrected chi connectivity index (χ3v) is 2.66. The number of hydrogen-bond donors (Lipinski definition) is 0. The summed E-state index contributed by atoms with van der Waals surface area (Å²) in [5.41, 5.74) is 3.89. The molecular weight excluding hydrogens is 208 g/mol. The van der Waals surface area contributed by atoms with Gasteiger partial charge >= 0.3 is 0 Å². The van der Waals surface area contributed by atoms with Crippen molar-refractivity contribution in [3.63, 3.8) is 0 Å². The third kappa shape index (κ3) is 6.28. The first kappa shape index (κ1) is 14.0. The van der Waals surface area contributed by atoms with E-state index in [1.165, 1.54) is 36.0 Å². The first-order valence-corrected chi connectivity index (χ1v) is 6.55. The summed E-state index contributed by atoms with van der Waals surface area (Å²) in [6.07, 6.45) is 7.93. The summed E-state index contributed by atoms with van der Waals surface area (Å²) in [5, 5.41) is 0. The van der Waals surface area contributed by atoms with E-state index in [0.29, 0.717) is 0 Å². The fourth-order valence-electron chi connectivity index (χ4n) is 1.90. The molecule has 1 aromatic carbocycles. The zero-order valence-corrected chi connectivity index (χ0v) is 11.3. The minimum absolute atomic E-state index is 0.719. The van der Waals surface area contributed by atoms with Gasteiger partial charge in [-0.25, -0.2) is 0 Å². The SMILES string of the molecule is CCCCCOC/C=C/c1cc(C)cc(C)c1. The van der Waals surface area contributed by atoms with Crippen LogP contribution >= 0.6 is 0 Å². The van der Waals surface area contributed by atoms with E-state index in [0.717, 1.165) is 13.2 Å². The molecule has 0 bridgehead atoms. The van der Waals surface area contributed by atoms with Gasteiger partial charge in [-0.3, -0.25) is 0 Å². The molecule has 0 unspecified atom stereocenters. The number of benzene rings is 1. The molecule has 0 fully saturated rings. The van der Waals surface area contributed by atoms with E-state index in [2.05, 4.69) is 51.1 Å². The highest BCUT2D eigenvalue weighted by molar-refractivity contribution is 5.51. The Morgan fingerprint density at radius 2 is 1.76 bits per heavy atom. The molecule has 1 nitrogen and oxygen atoms in total. The van der Waals surface area contributed by atoms with E-state index in [1.807, 2.05) is 0 Å². The molecule has 0 aromatic heterocycles. The van der Waals surface area contributed by atoms with Crippen LogP contribution in [0.1, 0.15) is 42.9 Å². The van der Waals surface area contributed by atoms with Crippen molar-refractivity contribution in [3.8, 4) is 0 Å². The molecule has 0 amide bonds. The molecule has 0 saturated heterocycles. The molecular formula is C16H24O.